The van der Waals surface area contributed by atoms with Crippen LogP contribution in [0.25, 0.3) is 0 Å². The molecule has 0 bridgehead atoms. The number of rotatable bonds is 4. The molecule has 0 spiro atoms. The Kier molecular flexibility index (Phi) is 6.63. The fraction of sp³-hybridized carbons (Fsp3) is 0.923. The van der Waals surface area contributed by atoms with Gasteiger partial charge in [-0.1, -0.05) is 12.8 Å². The monoisotopic (exact) mass is 334 g/mol. The molecule has 122 valence electrons. The Bertz CT molecular complexity index is 439. The van der Waals surface area contributed by atoms with E-state index in [0.29, 0.717) is 19.0 Å². The van der Waals surface area contributed by atoms with Crippen LogP contribution in [0.4, 0.5) is 0 Å². The van der Waals surface area contributed by atoms with E-state index in [1.54, 1.807) is 16.1 Å². The lowest BCUT2D eigenvalue weighted by molar-refractivity contribution is 0.428. The van der Waals surface area contributed by atoms with E-state index >= 15 is 0 Å². The summed E-state index contributed by atoms with van der Waals surface area (Å²) in [6.07, 6.45) is 4.76. The molecule has 0 unspecified atom stereocenters. The molecule has 6 nitrogen and oxygen atoms in total. The molecule has 2 fully saturated rings. The molecule has 0 amide bonds. The first-order chi connectivity index (χ1) is 10.1. The Morgan fingerprint density at radius 1 is 1.05 bits per heavy atom. The number of likely N-dealkylation sites (tertiary alicyclic amines) is 1. The number of hydrogen-bond acceptors (Lipinski definition) is 4. The van der Waals surface area contributed by atoms with E-state index in [1.165, 1.54) is 12.8 Å². The lowest BCUT2D eigenvalue weighted by atomic mass is 10.2. The molecular formula is C13H26N4O2S2. The minimum Gasteiger partial charge on any atom is -0.370 e. The molecule has 2 aliphatic rings. The summed E-state index contributed by atoms with van der Waals surface area (Å²) in [5.74, 6) is 2.34. The summed E-state index contributed by atoms with van der Waals surface area (Å²) in [6.45, 7) is 3.38. The second-order valence-corrected chi connectivity index (χ2v) is 8.78. The first kappa shape index (κ1) is 16.9. The fourth-order valence-corrected chi connectivity index (χ4v) is 5.08. The summed E-state index contributed by atoms with van der Waals surface area (Å²) >= 11 is 1.80. The van der Waals surface area contributed by atoms with Crippen molar-refractivity contribution in [1.29, 1.82) is 0 Å². The van der Waals surface area contributed by atoms with Crippen LogP contribution in [0.2, 0.25) is 0 Å². The van der Waals surface area contributed by atoms with Gasteiger partial charge in [0.15, 0.2) is 5.96 Å². The second kappa shape index (κ2) is 8.24. The van der Waals surface area contributed by atoms with Crippen LogP contribution in [0.1, 0.15) is 25.7 Å². The van der Waals surface area contributed by atoms with Gasteiger partial charge in [0.25, 0.3) is 0 Å². The van der Waals surface area contributed by atoms with Gasteiger partial charge in [0.1, 0.15) is 0 Å². The van der Waals surface area contributed by atoms with Gasteiger partial charge in [-0.2, -0.15) is 11.8 Å². The molecule has 0 aliphatic carbocycles. The predicted molar refractivity (Wildman–Crippen MR) is 89.2 cm³/mol. The Morgan fingerprint density at radius 2 is 1.67 bits per heavy atom. The average Bonchev–Trinajstić information content (AvgIpc) is 2.77. The highest BCUT2D eigenvalue weighted by Crippen LogP contribution is 2.13. The molecule has 21 heavy (non-hydrogen) atoms. The van der Waals surface area contributed by atoms with Gasteiger partial charge < -0.3 is 10.6 Å². The van der Waals surface area contributed by atoms with E-state index in [4.69, 9.17) is 5.73 Å². The highest BCUT2D eigenvalue weighted by molar-refractivity contribution is 7.99. The van der Waals surface area contributed by atoms with Crippen molar-refractivity contribution in [2.45, 2.75) is 25.7 Å². The zero-order chi connectivity index (χ0) is 15.1. The summed E-state index contributed by atoms with van der Waals surface area (Å²) < 4.78 is 26.0. The van der Waals surface area contributed by atoms with Gasteiger partial charge in [-0.05, 0) is 12.8 Å². The van der Waals surface area contributed by atoms with Crippen LogP contribution >= 0.6 is 11.8 Å². The lowest BCUT2D eigenvalue weighted by Crippen LogP contribution is -2.41. The van der Waals surface area contributed by atoms with E-state index in [9.17, 15) is 8.42 Å². The van der Waals surface area contributed by atoms with Gasteiger partial charge in [-0.25, -0.2) is 12.7 Å². The van der Waals surface area contributed by atoms with Crippen LogP contribution in [0.15, 0.2) is 4.99 Å². The van der Waals surface area contributed by atoms with Crippen LogP contribution in [0.3, 0.4) is 0 Å². The highest BCUT2D eigenvalue weighted by Gasteiger charge is 2.23. The largest absolute Gasteiger partial charge is 0.370 e. The SMILES string of the molecule is NC(=NCCS(=O)(=O)N1CCSCC1)N1CCCCCC1. The Labute approximate surface area is 132 Å². The van der Waals surface area contributed by atoms with E-state index in [2.05, 4.69) is 9.89 Å². The summed E-state index contributed by atoms with van der Waals surface area (Å²) in [5, 5.41) is 0. The molecule has 0 atom stereocenters. The fourth-order valence-electron chi connectivity index (χ4n) is 2.63. The van der Waals surface area contributed by atoms with Crippen LogP contribution in [-0.2, 0) is 10.0 Å². The minimum atomic E-state index is -3.18. The predicted octanol–water partition coefficient (Wildman–Crippen LogP) is 0.556. The smallest absolute Gasteiger partial charge is 0.215 e. The van der Waals surface area contributed by atoms with Crippen molar-refractivity contribution in [3.05, 3.63) is 0 Å². The summed E-state index contributed by atoms with van der Waals surface area (Å²) in [4.78, 5) is 6.36. The van der Waals surface area contributed by atoms with Crippen molar-refractivity contribution in [3.63, 3.8) is 0 Å². The second-order valence-electron chi connectivity index (χ2n) is 5.47. The lowest BCUT2D eigenvalue weighted by Gasteiger charge is -2.25. The van der Waals surface area contributed by atoms with Crippen molar-refractivity contribution in [1.82, 2.24) is 9.21 Å². The molecule has 0 radical (unpaired) electrons. The maximum absolute atomic E-state index is 12.2. The highest BCUT2D eigenvalue weighted by atomic mass is 32.2. The van der Waals surface area contributed by atoms with Crippen molar-refractivity contribution in [2.75, 3.05) is 50.0 Å². The zero-order valence-corrected chi connectivity index (χ0v) is 14.2. The zero-order valence-electron chi connectivity index (χ0n) is 12.5. The summed E-state index contributed by atoms with van der Waals surface area (Å²) in [7, 11) is -3.18. The first-order valence-corrected chi connectivity index (χ1v) is 10.5. The first-order valence-electron chi connectivity index (χ1n) is 7.70. The number of guanidine groups is 1. The standard InChI is InChI=1S/C13H26N4O2S2/c14-13(16-6-3-1-2-4-7-16)15-5-12-21(18,19)17-8-10-20-11-9-17/h1-12H2,(H2,14,15). The molecule has 2 N–H and O–H groups in total. The third kappa shape index (κ3) is 5.34. The van der Waals surface area contributed by atoms with E-state index in [-0.39, 0.29) is 12.3 Å². The molecule has 0 saturated carbocycles. The Hall–Kier alpha value is -0.470. The van der Waals surface area contributed by atoms with Gasteiger partial charge in [-0.15, -0.1) is 0 Å². The molecule has 2 saturated heterocycles. The van der Waals surface area contributed by atoms with Crippen LogP contribution in [0, 0.1) is 0 Å². The average molecular weight is 335 g/mol. The minimum absolute atomic E-state index is 0.0617. The number of sulfonamides is 1. The number of nitrogens with two attached hydrogens (primary N) is 1. The maximum Gasteiger partial charge on any atom is 0.215 e. The van der Waals surface area contributed by atoms with Gasteiger partial charge >= 0.3 is 0 Å². The van der Waals surface area contributed by atoms with Crippen molar-refractivity contribution in [2.24, 2.45) is 10.7 Å². The molecule has 2 aliphatic heterocycles. The molecular weight excluding hydrogens is 308 g/mol. The third-order valence-electron chi connectivity index (χ3n) is 3.92. The quantitative estimate of drug-likeness (QED) is 0.600. The number of aliphatic imine (C=N–C) groups is 1. The van der Waals surface area contributed by atoms with Crippen LogP contribution in [-0.4, -0.2) is 73.6 Å². The summed E-state index contributed by atoms with van der Waals surface area (Å²) in [5.41, 5.74) is 5.99. The van der Waals surface area contributed by atoms with Gasteiger partial charge in [0.2, 0.25) is 10.0 Å². The third-order valence-corrected chi connectivity index (χ3v) is 6.71. The van der Waals surface area contributed by atoms with Gasteiger partial charge in [0.05, 0.1) is 12.3 Å². The van der Waals surface area contributed by atoms with Crippen LogP contribution < -0.4 is 5.73 Å². The topological polar surface area (TPSA) is 79.0 Å². The number of hydrogen-bond donors (Lipinski definition) is 1. The van der Waals surface area contributed by atoms with Crippen molar-refractivity contribution < 1.29 is 8.42 Å². The van der Waals surface area contributed by atoms with E-state index < -0.39 is 10.0 Å². The Balaban J connectivity index is 1.82. The molecule has 8 heteroatoms. The molecule has 2 heterocycles. The molecule has 2 rings (SSSR count). The molecule has 0 aromatic heterocycles. The normalized spacial score (nSPS) is 23.0. The van der Waals surface area contributed by atoms with Crippen molar-refractivity contribution >= 4 is 27.7 Å². The maximum atomic E-state index is 12.2. The van der Waals surface area contributed by atoms with Gasteiger partial charge in [-0.3, -0.25) is 4.99 Å². The number of thioether (sulfide) groups is 1. The van der Waals surface area contributed by atoms with Crippen LogP contribution in [0.5, 0.6) is 0 Å². The molecule has 0 aromatic carbocycles. The van der Waals surface area contributed by atoms with E-state index in [1.807, 2.05) is 0 Å². The summed E-state index contributed by atoms with van der Waals surface area (Å²) in [6, 6.07) is 0. The van der Waals surface area contributed by atoms with Gasteiger partial charge in [0, 0.05) is 37.7 Å². The Morgan fingerprint density at radius 3 is 2.29 bits per heavy atom. The van der Waals surface area contributed by atoms with Crippen molar-refractivity contribution in [3.8, 4) is 0 Å². The van der Waals surface area contributed by atoms with E-state index in [0.717, 1.165) is 37.4 Å². The molecule has 0 aromatic rings. The number of nitrogens with zero attached hydrogens (tertiary/aromatic N) is 3.